The number of β-amino-alcohol motifs (C(OH)–C–C–N with tert-alkyl or cyclic N) is 1. The molecular weight excluding hydrogens is 226 g/mol. The number of amides is 2. The third kappa shape index (κ3) is 1.20. The first-order valence-corrected chi connectivity index (χ1v) is 5.89. The molecular formula is C11H15NO5. The number of nitrogens with zero attached hydrogens (tertiary/aromatic N) is 1. The molecule has 0 spiro atoms. The van der Waals surface area contributed by atoms with Crippen molar-refractivity contribution in [1.29, 1.82) is 0 Å². The third-order valence-electron chi connectivity index (χ3n) is 4.24. The van der Waals surface area contributed by atoms with Crippen LogP contribution in [-0.2, 0) is 14.3 Å². The highest BCUT2D eigenvalue weighted by Gasteiger charge is 2.69. The van der Waals surface area contributed by atoms with Gasteiger partial charge < -0.3 is 14.9 Å². The molecule has 2 N–H and O–H groups in total. The quantitative estimate of drug-likeness (QED) is 0.587. The average Bonchev–Trinajstić information content (AvgIpc) is 2.96. The van der Waals surface area contributed by atoms with Gasteiger partial charge in [-0.05, 0) is 12.8 Å². The van der Waals surface area contributed by atoms with E-state index in [1.807, 2.05) is 0 Å². The van der Waals surface area contributed by atoms with Crippen LogP contribution in [-0.4, -0.2) is 58.4 Å². The summed E-state index contributed by atoms with van der Waals surface area (Å²) in [5.41, 5.74) is -0.855. The van der Waals surface area contributed by atoms with Gasteiger partial charge in [0.05, 0.1) is 37.7 Å². The lowest BCUT2D eigenvalue weighted by molar-refractivity contribution is -0.146. The van der Waals surface area contributed by atoms with Crippen molar-refractivity contribution in [3.63, 3.8) is 0 Å². The molecule has 3 aliphatic rings. The first-order valence-electron chi connectivity index (χ1n) is 5.89. The number of ether oxygens (including phenoxy) is 1. The molecule has 3 saturated heterocycles. The number of imide groups is 1. The van der Waals surface area contributed by atoms with Crippen LogP contribution in [0.25, 0.3) is 0 Å². The number of hydrogen-bond donors (Lipinski definition) is 2. The van der Waals surface area contributed by atoms with Crippen LogP contribution in [0.15, 0.2) is 0 Å². The predicted molar refractivity (Wildman–Crippen MR) is 54.7 cm³/mol. The summed E-state index contributed by atoms with van der Waals surface area (Å²) in [6.07, 6.45) is 1.10. The number of likely N-dealkylation sites (tertiary alicyclic amines) is 1. The summed E-state index contributed by atoms with van der Waals surface area (Å²) in [7, 11) is 0. The molecule has 3 aliphatic heterocycles. The van der Waals surface area contributed by atoms with Crippen molar-refractivity contribution in [1.82, 2.24) is 4.90 Å². The standard InChI is InChI=1S/C11H15NO5/c13-4-3-12-9(15)7-6-1-2-11(5-14,17-6)8(7)10(12)16/h6-8,13-14H,1-5H2. The van der Waals surface area contributed by atoms with Crippen LogP contribution in [0.3, 0.4) is 0 Å². The number of aliphatic hydroxyl groups excluding tert-OH is 2. The molecule has 17 heavy (non-hydrogen) atoms. The lowest BCUT2D eigenvalue weighted by Crippen LogP contribution is -2.44. The van der Waals surface area contributed by atoms with E-state index >= 15 is 0 Å². The molecule has 2 amide bonds. The molecule has 0 aliphatic carbocycles. The average molecular weight is 241 g/mol. The van der Waals surface area contributed by atoms with Gasteiger partial charge in [-0.15, -0.1) is 0 Å². The number of carbonyl (C=O) groups is 2. The molecule has 6 heteroatoms. The van der Waals surface area contributed by atoms with Crippen molar-refractivity contribution >= 4 is 11.8 Å². The summed E-state index contributed by atoms with van der Waals surface area (Å²) in [6.45, 7) is -0.413. The van der Waals surface area contributed by atoms with Gasteiger partial charge in [-0.3, -0.25) is 14.5 Å². The fourth-order valence-corrected chi connectivity index (χ4v) is 3.50. The molecule has 0 aromatic heterocycles. The Morgan fingerprint density at radius 1 is 1.35 bits per heavy atom. The smallest absolute Gasteiger partial charge is 0.236 e. The highest BCUT2D eigenvalue weighted by atomic mass is 16.5. The Kier molecular flexibility index (Phi) is 2.30. The number of rotatable bonds is 3. The number of hydrogen-bond acceptors (Lipinski definition) is 5. The van der Waals surface area contributed by atoms with Gasteiger partial charge in [0.1, 0.15) is 5.60 Å². The molecule has 4 unspecified atom stereocenters. The molecule has 0 saturated carbocycles. The largest absolute Gasteiger partial charge is 0.395 e. The van der Waals surface area contributed by atoms with Gasteiger partial charge in [0.2, 0.25) is 11.8 Å². The van der Waals surface area contributed by atoms with Gasteiger partial charge in [-0.1, -0.05) is 0 Å². The maximum atomic E-state index is 12.1. The lowest BCUT2D eigenvalue weighted by Gasteiger charge is -2.28. The fraction of sp³-hybridized carbons (Fsp3) is 0.818. The lowest BCUT2D eigenvalue weighted by atomic mass is 9.73. The van der Waals surface area contributed by atoms with E-state index in [0.29, 0.717) is 12.8 Å². The van der Waals surface area contributed by atoms with E-state index in [1.54, 1.807) is 0 Å². The maximum absolute atomic E-state index is 12.1. The van der Waals surface area contributed by atoms with E-state index in [9.17, 15) is 14.7 Å². The predicted octanol–water partition coefficient (Wildman–Crippen LogP) is -1.50. The Labute approximate surface area is 98.2 Å². The van der Waals surface area contributed by atoms with E-state index in [4.69, 9.17) is 9.84 Å². The van der Waals surface area contributed by atoms with Crippen molar-refractivity contribution < 1.29 is 24.5 Å². The van der Waals surface area contributed by atoms with Gasteiger partial charge in [0, 0.05) is 0 Å². The minimum Gasteiger partial charge on any atom is -0.395 e. The van der Waals surface area contributed by atoms with Gasteiger partial charge in [-0.2, -0.15) is 0 Å². The van der Waals surface area contributed by atoms with Gasteiger partial charge in [-0.25, -0.2) is 0 Å². The van der Waals surface area contributed by atoms with Gasteiger partial charge in [0.15, 0.2) is 0 Å². The SMILES string of the molecule is O=C1C2C3CCC(CO)(O3)C2C(=O)N1CCO. The second-order valence-electron chi connectivity index (χ2n) is 4.97. The number of aliphatic hydroxyl groups is 2. The maximum Gasteiger partial charge on any atom is 0.236 e. The second-order valence-corrected chi connectivity index (χ2v) is 4.97. The Bertz CT molecular complexity index is 384. The minimum atomic E-state index is -0.855. The Hall–Kier alpha value is -0.980. The van der Waals surface area contributed by atoms with Crippen molar-refractivity contribution in [2.45, 2.75) is 24.5 Å². The van der Waals surface area contributed by atoms with E-state index in [1.165, 1.54) is 0 Å². The fourth-order valence-electron chi connectivity index (χ4n) is 3.50. The second kappa shape index (κ2) is 3.51. The summed E-state index contributed by atoms with van der Waals surface area (Å²) in [5.74, 6) is -1.56. The van der Waals surface area contributed by atoms with Crippen molar-refractivity contribution in [2.24, 2.45) is 11.8 Å². The molecule has 0 radical (unpaired) electrons. The molecule has 4 atom stereocenters. The van der Waals surface area contributed by atoms with Crippen LogP contribution >= 0.6 is 0 Å². The van der Waals surface area contributed by atoms with E-state index in [-0.39, 0.29) is 37.7 Å². The molecule has 3 heterocycles. The van der Waals surface area contributed by atoms with Gasteiger partial charge in [0.25, 0.3) is 0 Å². The molecule has 3 fully saturated rings. The highest BCUT2D eigenvalue weighted by Crippen LogP contribution is 2.54. The topological polar surface area (TPSA) is 87.1 Å². The molecule has 3 rings (SSSR count). The monoisotopic (exact) mass is 241 g/mol. The normalized spacial score (nSPS) is 43.6. The van der Waals surface area contributed by atoms with Crippen molar-refractivity contribution in [2.75, 3.05) is 19.8 Å². The Morgan fingerprint density at radius 2 is 2.12 bits per heavy atom. The van der Waals surface area contributed by atoms with Gasteiger partial charge >= 0.3 is 0 Å². The number of carbonyl (C=O) groups excluding carboxylic acids is 2. The van der Waals surface area contributed by atoms with Crippen LogP contribution in [0.1, 0.15) is 12.8 Å². The van der Waals surface area contributed by atoms with E-state index in [0.717, 1.165) is 4.90 Å². The zero-order valence-electron chi connectivity index (χ0n) is 9.33. The van der Waals surface area contributed by atoms with E-state index < -0.39 is 17.4 Å². The first-order chi connectivity index (χ1) is 8.14. The van der Waals surface area contributed by atoms with Crippen molar-refractivity contribution in [3.05, 3.63) is 0 Å². The van der Waals surface area contributed by atoms with Crippen LogP contribution in [0.2, 0.25) is 0 Å². The third-order valence-corrected chi connectivity index (χ3v) is 4.24. The summed E-state index contributed by atoms with van der Waals surface area (Å²) >= 11 is 0. The summed E-state index contributed by atoms with van der Waals surface area (Å²) in [5, 5.41) is 18.3. The molecule has 0 aromatic rings. The molecule has 0 aromatic carbocycles. The van der Waals surface area contributed by atoms with Crippen LogP contribution in [0, 0.1) is 11.8 Å². The van der Waals surface area contributed by atoms with E-state index in [2.05, 4.69) is 0 Å². The van der Waals surface area contributed by atoms with Crippen LogP contribution in [0.4, 0.5) is 0 Å². The summed E-state index contributed by atoms with van der Waals surface area (Å²) in [4.78, 5) is 25.3. The molecule has 6 nitrogen and oxygen atoms in total. The number of fused-ring (bicyclic) bond motifs is 5. The van der Waals surface area contributed by atoms with Crippen LogP contribution < -0.4 is 0 Å². The Balaban J connectivity index is 1.96. The van der Waals surface area contributed by atoms with Crippen molar-refractivity contribution in [3.8, 4) is 0 Å². The zero-order chi connectivity index (χ0) is 12.2. The molecule has 94 valence electrons. The zero-order valence-corrected chi connectivity index (χ0v) is 9.33. The van der Waals surface area contributed by atoms with Crippen LogP contribution in [0.5, 0.6) is 0 Å². The minimum absolute atomic E-state index is 0.0406. The summed E-state index contributed by atoms with van der Waals surface area (Å²) in [6, 6.07) is 0. The Morgan fingerprint density at radius 3 is 2.76 bits per heavy atom. The first kappa shape index (κ1) is 11.1. The molecule has 2 bridgehead atoms. The highest BCUT2D eigenvalue weighted by molar-refractivity contribution is 6.06. The summed E-state index contributed by atoms with van der Waals surface area (Å²) < 4.78 is 5.66.